The summed E-state index contributed by atoms with van der Waals surface area (Å²) in [4.78, 5) is 0. The summed E-state index contributed by atoms with van der Waals surface area (Å²) in [6.45, 7) is 5.11. The van der Waals surface area contributed by atoms with Gasteiger partial charge in [0.1, 0.15) is 5.75 Å². The third-order valence-corrected chi connectivity index (χ3v) is 4.06. The molecular weight excluding hydrogens is 282 g/mol. The standard InChI is InChI=1S/C18H22ClNO/c1-4-20-18(15-7-10-17(19)13(2)11-15)12-14-5-8-16(21-3)9-6-14/h5-11,18,20H,4,12H2,1-3H3. The molecule has 0 aliphatic rings. The van der Waals surface area contributed by atoms with Crippen LogP contribution in [0.4, 0.5) is 0 Å². The second-order valence-corrected chi connectivity index (χ2v) is 5.58. The molecule has 0 amide bonds. The van der Waals surface area contributed by atoms with Crippen LogP contribution in [0.1, 0.15) is 29.7 Å². The number of benzene rings is 2. The average Bonchev–Trinajstić information content (AvgIpc) is 2.50. The molecule has 1 N–H and O–H groups in total. The van der Waals surface area contributed by atoms with Crippen LogP contribution >= 0.6 is 11.6 Å². The van der Waals surface area contributed by atoms with Gasteiger partial charge in [0.15, 0.2) is 0 Å². The van der Waals surface area contributed by atoms with Gasteiger partial charge < -0.3 is 10.1 Å². The number of hydrogen-bond donors (Lipinski definition) is 1. The lowest BCUT2D eigenvalue weighted by Crippen LogP contribution is -2.23. The molecular formula is C18H22ClNO. The van der Waals surface area contributed by atoms with Crippen LogP contribution in [0.2, 0.25) is 5.02 Å². The highest BCUT2D eigenvalue weighted by Crippen LogP contribution is 2.24. The Bertz CT molecular complexity index is 580. The lowest BCUT2D eigenvalue weighted by atomic mass is 9.97. The summed E-state index contributed by atoms with van der Waals surface area (Å²) in [5.74, 6) is 0.890. The van der Waals surface area contributed by atoms with E-state index >= 15 is 0 Å². The molecule has 1 unspecified atom stereocenters. The van der Waals surface area contributed by atoms with E-state index in [1.54, 1.807) is 7.11 Å². The van der Waals surface area contributed by atoms with Crippen molar-refractivity contribution in [1.29, 1.82) is 0 Å². The highest BCUT2D eigenvalue weighted by molar-refractivity contribution is 6.31. The van der Waals surface area contributed by atoms with E-state index in [2.05, 4.69) is 36.5 Å². The Morgan fingerprint density at radius 3 is 2.43 bits per heavy atom. The van der Waals surface area contributed by atoms with Gasteiger partial charge in [-0.3, -0.25) is 0 Å². The van der Waals surface area contributed by atoms with Crippen molar-refractivity contribution in [3.63, 3.8) is 0 Å². The first kappa shape index (κ1) is 15.9. The number of halogens is 1. The molecule has 3 heteroatoms. The van der Waals surface area contributed by atoms with Gasteiger partial charge in [-0.25, -0.2) is 0 Å². The molecule has 0 heterocycles. The Kier molecular flexibility index (Phi) is 5.66. The van der Waals surface area contributed by atoms with Gasteiger partial charge in [-0.1, -0.05) is 42.8 Å². The fourth-order valence-electron chi connectivity index (χ4n) is 2.44. The van der Waals surface area contributed by atoms with Crippen LogP contribution in [0.3, 0.4) is 0 Å². The van der Waals surface area contributed by atoms with Crippen molar-refractivity contribution in [2.45, 2.75) is 26.3 Å². The van der Waals surface area contributed by atoms with Crippen molar-refractivity contribution in [3.8, 4) is 5.75 Å². The number of aryl methyl sites for hydroxylation is 1. The monoisotopic (exact) mass is 303 g/mol. The van der Waals surface area contributed by atoms with Gasteiger partial charge in [0.25, 0.3) is 0 Å². The minimum absolute atomic E-state index is 0.291. The zero-order chi connectivity index (χ0) is 15.2. The molecule has 2 aromatic rings. The number of nitrogens with one attached hydrogen (secondary N) is 1. The zero-order valence-corrected chi connectivity index (χ0v) is 13.6. The summed E-state index contributed by atoms with van der Waals surface area (Å²) in [6, 6.07) is 14.8. The molecule has 0 bridgehead atoms. The van der Waals surface area contributed by atoms with Crippen LogP contribution in [0.25, 0.3) is 0 Å². The number of methoxy groups -OCH3 is 1. The van der Waals surface area contributed by atoms with Crippen molar-refractivity contribution in [1.82, 2.24) is 5.32 Å². The maximum Gasteiger partial charge on any atom is 0.118 e. The van der Waals surface area contributed by atoms with Crippen LogP contribution in [-0.2, 0) is 6.42 Å². The molecule has 2 nitrogen and oxygen atoms in total. The Labute approximate surface area is 132 Å². The maximum absolute atomic E-state index is 6.12. The second-order valence-electron chi connectivity index (χ2n) is 5.17. The number of hydrogen-bond acceptors (Lipinski definition) is 2. The minimum Gasteiger partial charge on any atom is -0.497 e. The SMILES string of the molecule is CCNC(Cc1ccc(OC)cc1)c1ccc(Cl)c(C)c1. The third-order valence-electron chi connectivity index (χ3n) is 3.63. The van der Waals surface area contributed by atoms with Crippen molar-refractivity contribution in [2.75, 3.05) is 13.7 Å². The number of likely N-dealkylation sites (N-methyl/N-ethyl adjacent to an activating group) is 1. The van der Waals surface area contributed by atoms with Crippen molar-refractivity contribution < 1.29 is 4.74 Å². The van der Waals surface area contributed by atoms with E-state index in [1.165, 1.54) is 11.1 Å². The topological polar surface area (TPSA) is 21.3 Å². The molecule has 0 aliphatic carbocycles. The minimum atomic E-state index is 0.291. The van der Waals surface area contributed by atoms with Gasteiger partial charge >= 0.3 is 0 Å². The quantitative estimate of drug-likeness (QED) is 0.845. The third kappa shape index (κ3) is 4.23. The molecule has 0 saturated carbocycles. The van der Waals surface area contributed by atoms with E-state index < -0.39 is 0 Å². The lowest BCUT2D eigenvalue weighted by molar-refractivity contribution is 0.414. The summed E-state index contributed by atoms with van der Waals surface area (Å²) in [5.41, 5.74) is 3.68. The van der Waals surface area contributed by atoms with Crippen LogP contribution in [-0.4, -0.2) is 13.7 Å². The first-order chi connectivity index (χ1) is 10.1. The molecule has 2 rings (SSSR count). The summed E-state index contributed by atoms with van der Waals surface area (Å²) in [7, 11) is 1.69. The van der Waals surface area contributed by atoms with Gasteiger partial charge in [-0.2, -0.15) is 0 Å². The normalized spacial score (nSPS) is 12.2. The predicted molar refractivity (Wildman–Crippen MR) is 89.3 cm³/mol. The smallest absolute Gasteiger partial charge is 0.118 e. The van der Waals surface area contributed by atoms with E-state index in [0.29, 0.717) is 6.04 Å². The predicted octanol–water partition coefficient (Wildman–Crippen LogP) is 4.55. The van der Waals surface area contributed by atoms with Gasteiger partial charge in [-0.05, 0) is 54.8 Å². The Morgan fingerprint density at radius 1 is 1.14 bits per heavy atom. The first-order valence-corrected chi connectivity index (χ1v) is 7.64. The van der Waals surface area contributed by atoms with Crippen molar-refractivity contribution >= 4 is 11.6 Å². The second kappa shape index (κ2) is 7.48. The van der Waals surface area contributed by atoms with Crippen LogP contribution in [0.5, 0.6) is 5.75 Å². The highest BCUT2D eigenvalue weighted by atomic mass is 35.5. The molecule has 0 aromatic heterocycles. The van der Waals surface area contributed by atoms with E-state index in [-0.39, 0.29) is 0 Å². The van der Waals surface area contributed by atoms with Crippen LogP contribution in [0.15, 0.2) is 42.5 Å². The van der Waals surface area contributed by atoms with Gasteiger partial charge in [0.05, 0.1) is 7.11 Å². The lowest BCUT2D eigenvalue weighted by Gasteiger charge is -2.19. The molecule has 0 fully saturated rings. The molecule has 0 spiro atoms. The average molecular weight is 304 g/mol. The summed E-state index contributed by atoms with van der Waals surface area (Å²) < 4.78 is 5.20. The van der Waals surface area contributed by atoms with Crippen LogP contribution < -0.4 is 10.1 Å². The molecule has 2 aromatic carbocycles. The molecule has 112 valence electrons. The van der Waals surface area contributed by atoms with Crippen molar-refractivity contribution in [3.05, 3.63) is 64.2 Å². The summed E-state index contributed by atoms with van der Waals surface area (Å²) in [6.07, 6.45) is 0.943. The Balaban J connectivity index is 2.19. The van der Waals surface area contributed by atoms with Gasteiger partial charge in [0.2, 0.25) is 0 Å². The van der Waals surface area contributed by atoms with Crippen molar-refractivity contribution in [2.24, 2.45) is 0 Å². The van der Waals surface area contributed by atoms with Crippen LogP contribution in [0, 0.1) is 6.92 Å². The van der Waals surface area contributed by atoms with E-state index in [0.717, 1.165) is 29.3 Å². The van der Waals surface area contributed by atoms with Gasteiger partial charge in [-0.15, -0.1) is 0 Å². The highest BCUT2D eigenvalue weighted by Gasteiger charge is 2.12. The molecule has 21 heavy (non-hydrogen) atoms. The van der Waals surface area contributed by atoms with E-state index in [4.69, 9.17) is 16.3 Å². The van der Waals surface area contributed by atoms with E-state index in [1.807, 2.05) is 25.1 Å². The largest absolute Gasteiger partial charge is 0.497 e. The Hall–Kier alpha value is -1.51. The Morgan fingerprint density at radius 2 is 1.86 bits per heavy atom. The fraction of sp³-hybridized carbons (Fsp3) is 0.333. The first-order valence-electron chi connectivity index (χ1n) is 7.26. The summed E-state index contributed by atoms with van der Waals surface area (Å²) in [5, 5.41) is 4.37. The fourth-order valence-corrected chi connectivity index (χ4v) is 2.55. The number of rotatable bonds is 6. The maximum atomic E-state index is 6.12. The molecule has 1 atom stereocenters. The summed E-state index contributed by atoms with van der Waals surface area (Å²) >= 11 is 6.12. The molecule has 0 radical (unpaired) electrons. The van der Waals surface area contributed by atoms with Gasteiger partial charge in [0, 0.05) is 11.1 Å². The zero-order valence-electron chi connectivity index (χ0n) is 12.8. The molecule has 0 saturated heterocycles. The van der Waals surface area contributed by atoms with E-state index in [9.17, 15) is 0 Å². The molecule has 0 aliphatic heterocycles. The number of ether oxygens (including phenoxy) is 1.